The van der Waals surface area contributed by atoms with Crippen LogP contribution in [0.25, 0.3) is 0 Å². The predicted octanol–water partition coefficient (Wildman–Crippen LogP) is 5.97. The van der Waals surface area contributed by atoms with E-state index in [0.717, 1.165) is 42.0 Å². The average molecular weight is 563 g/mol. The van der Waals surface area contributed by atoms with Gasteiger partial charge in [-0.3, -0.25) is 0 Å². The second kappa shape index (κ2) is 16.8. The molecule has 4 heterocycles. The SMILES string of the molecule is CCCCc1noc(CCC#Cc2ccccn2)n1.Fc1cccc(Cc2noc(CCC#Cc3ccccn3)n2)c1. The van der Waals surface area contributed by atoms with Crippen LogP contribution in [0.1, 0.15) is 73.0 Å². The summed E-state index contributed by atoms with van der Waals surface area (Å²) >= 11 is 0. The number of rotatable bonds is 9. The minimum Gasteiger partial charge on any atom is -0.339 e. The van der Waals surface area contributed by atoms with Crippen molar-refractivity contribution in [2.24, 2.45) is 0 Å². The zero-order valence-electron chi connectivity index (χ0n) is 23.5. The maximum atomic E-state index is 13.1. The summed E-state index contributed by atoms with van der Waals surface area (Å²) in [5, 5.41) is 7.85. The molecule has 4 aromatic heterocycles. The number of aromatic nitrogens is 6. The lowest BCUT2D eigenvalue weighted by molar-refractivity contribution is 0.373. The van der Waals surface area contributed by atoms with E-state index in [1.807, 2.05) is 42.5 Å². The zero-order valence-corrected chi connectivity index (χ0v) is 23.5. The third-order valence-electron chi connectivity index (χ3n) is 5.72. The lowest BCUT2D eigenvalue weighted by Gasteiger charge is -1.95. The Morgan fingerprint density at radius 1 is 0.714 bits per heavy atom. The van der Waals surface area contributed by atoms with Crippen molar-refractivity contribution in [1.82, 2.24) is 30.2 Å². The quantitative estimate of drug-likeness (QED) is 0.203. The second-order valence-electron chi connectivity index (χ2n) is 9.15. The van der Waals surface area contributed by atoms with Gasteiger partial charge in [-0.1, -0.05) is 59.8 Å². The standard InChI is InChI=1S/C18H14FN3O.C15H17N3O/c19-15-7-5-6-14(12-15)13-17-21-18(23-22-17)10-2-1-8-16-9-3-4-11-20-16;1-2-3-10-14-17-15(19-18-14)11-5-4-8-13-9-6-7-12-16-13/h3-7,9,11-12H,2,10,13H2;6-7,9,12H,2-3,5,10-11H2,1H3. The molecule has 0 radical (unpaired) electrons. The largest absolute Gasteiger partial charge is 0.339 e. The molecule has 5 rings (SSSR count). The van der Waals surface area contributed by atoms with E-state index in [1.165, 1.54) is 12.1 Å². The third-order valence-corrected chi connectivity index (χ3v) is 5.72. The molecule has 0 unspecified atom stereocenters. The molecule has 5 aromatic rings. The average Bonchev–Trinajstić information content (AvgIpc) is 3.67. The number of unbranched alkanes of at least 4 members (excludes halogenated alkanes) is 1. The molecule has 1 aromatic carbocycles. The summed E-state index contributed by atoms with van der Waals surface area (Å²) in [6, 6.07) is 17.7. The van der Waals surface area contributed by atoms with E-state index in [4.69, 9.17) is 9.05 Å². The Morgan fingerprint density at radius 2 is 1.33 bits per heavy atom. The lowest BCUT2D eigenvalue weighted by Crippen LogP contribution is -1.92. The molecule has 0 amide bonds. The minimum absolute atomic E-state index is 0.268. The molecular weight excluding hydrogens is 531 g/mol. The van der Waals surface area contributed by atoms with Crippen LogP contribution in [0.5, 0.6) is 0 Å². The molecule has 0 fully saturated rings. The molecule has 0 atom stereocenters. The van der Waals surface area contributed by atoms with Crippen LogP contribution in [0.2, 0.25) is 0 Å². The smallest absolute Gasteiger partial charge is 0.227 e. The monoisotopic (exact) mass is 562 g/mol. The number of pyridine rings is 2. The number of aryl methyl sites for hydroxylation is 3. The number of hydrogen-bond donors (Lipinski definition) is 0. The van der Waals surface area contributed by atoms with Crippen LogP contribution >= 0.6 is 0 Å². The van der Waals surface area contributed by atoms with Gasteiger partial charge in [-0.25, -0.2) is 14.4 Å². The van der Waals surface area contributed by atoms with Crippen molar-refractivity contribution in [2.45, 2.75) is 58.3 Å². The molecule has 8 nitrogen and oxygen atoms in total. The van der Waals surface area contributed by atoms with Crippen LogP contribution in [-0.2, 0) is 25.7 Å². The van der Waals surface area contributed by atoms with Crippen LogP contribution < -0.4 is 0 Å². The number of halogens is 1. The van der Waals surface area contributed by atoms with Gasteiger partial charge in [0, 0.05) is 50.9 Å². The highest BCUT2D eigenvalue weighted by molar-refractivity contribution is 5.27. The van der Waals surface area contributed by atoms with Crippen molar-refractivity contribution >= 4 is 0 Å². The number of nitrogens with zero attached hydrogens (tertiary/aromatic N) is 6. The minimum atomic E-state index is -0.268. The lowest BCUT2D eigenvalue weighted by atomic mass is 10.1. The third kappa shape index (κ3) is 10.8. The molecule has 0 aliphatic carbocycles. The van der Waals surface area contributed by atoms with Crippen LogP contribution in [-0.4, -0.2) is 30.2 Å². The summed E-state index contributed by atoms with van der Waals surface area (Å²) in [5.41, 5.74) is 2.34. The maximum Gasteiger partial charge on any atom is 0.227 e. The van der Waals surface area contributed by atoms with Crippen molar-refractivity contribution in [3.05, 3.63) is 119 Å². The van der Waals surface area contributed by atoms with E-state index in [2.05, 4.69) is 60.9 Å². The van der Waals surface area contributed by atoms with Gasteiger partial charge >= 0.3 is 0 Å². The van der Waals surface area contributed by atoms with E-state index in [9.17, 15) is 4.39 Å². The molecule has 0 aliphatic rings. The van der Waals surface area contributed by atoms with Crippen LogP contribution in [0.4, 0.5) is 4.39 Å². The van der Waals surface area contributed by atoms with E-state index in [0.29, 0.717) is 49.7 Å². The zero-order chi connectivity index (χ0) is 29.2. The molecule has 0 N–H and O–H groups in total. The summed E-state index contributed by atoms with van der Waals surface area (Å²) in [5.74, 6) is 14.3. The maximum absolute atomic E-state index is 13.1. The van der Waals surface area contributed by atoms with Gasteiger partial charge in [0.2, 0.25) is 11.8 Å². The Morgan fingerprint density at radius 3 is 1.90 bits per heavy atom. The first kappa shape index (κ1) is 29.8. The van der Waals surface area contributed by atoms with E-state index < -0.39 is 0 Å². The summed E-state index contributed by atoms with van der Waals surface area (Å²) in [6.45, 7) is 2.15. The van der Waals surface area contributed by atoms with Crippen LogP contribution in [0, 0.1) is 29.5 Å². The van der Waals surface area contributed by atoms with Gasteiger partial charge in [0.15, 0.2) is 11.6 Å². The van der Waals surface area contributed by atoms with Crippen molar-refractivity contribution in [2.75, 3.05) is 0 Å². The van der Waals surface area contributed by atoms with Crippen molar-refractivity contribution in [1.29, 1.82) is 0 Å². The Labute approximate surface area is 244 Å². The van der Waals surface area contributed by atoms with E-state index in [1.54, 1.807) is 18.5 Å². The first-order chi connectivity index (χ1) is 20.7. The van der Waals surface area contributed by atoms with Gasteiger partial charge in [-0.2, -0.15) is 9.97 Å². The van der Waals surface area contributed by atoms with E-state index >= 15 is 0 Å². The molecule has 0 saturated carbocycles. The fourth-order valence-electron chi connectivity index (χ4n) is 3.64. The van der Waals surface area contributed by atoms with Crippen molar-refractivity contribution in [3.63, 3.8) is 0 Å². The predicted molar refractivity (Wildman–Crippen MR) is 155 cm³/mol. The van der Waals surface area contributed by atoms with Crippen LogP contribution in [0.3, 0.4) is 0 Å². The Balaban J connectivity index is 0.000000197. The molecule has 9 heteroatoms. The number of benzene rings is 1. The molecular formula is C33H31FN6O2. The summed E-state index contributed by atoms with van der Waals surface area (Å²) in [7, 11) is 0. The van der Waals surface area contributed by atoms with E-state index in [-0.39, 0.29) is 5.82 Å². The van der Waals surface area contributed by atoms with Gasteiger partial charge < -0.3 is 9.05 Å². The summed E-state index contributed by atoms with van der Waals surface area (Å²) < 4.78 is 23.5. The fraction of sp³-hybridized carbons (Fsp3) is 0.273. The first-order valence-electron chi connectivity index (χ1n) is 13.8. The first-order valence-corrected chi connectivity index (χ1v) is 13.8. The second-order valence-corrected chi connectivity index (χ2v) is 9.15. The van der Waals surface area contributed by atoms with Crippen molar-refractivity contribution in [3.8, 4) is 23.7 Å². The normalized spacial score (nSPS) is 10.0. The Bertz CT molecular complexity index is 1630. The molecule has 42 heavy (non-hydrogen) atoms. The van der Waals surface area contributed by atoms with Gasteiger partial charge in [-0.15, -0.1) is 0 Å². The molecule has 0 bridgehead atoms. The molecule has 212 valence electrons. The van der Waals surface area contributed by atoms with Crippen molar-refractivity contribution < 1.29 is 13.4 Å². The van der Waals surface area contributed by atoms with Gasteiger partial charge in [0.25, 0.3) is 0 Å². The highest BCUT2D eigenvalue weighted by Crippen LogP contribution is 2.10. The summed E-state index contributed by atoms with van der Waals surface area (Å²) in [6.07, 6.45) is 9.60. The Kier molecular flexibility index (Phi) is 12.0. The molecule has 0 aliphatic heterocycles. The molecule has 0 spiro atoms. The fourth-order valence-corrected chi connectivity index (χ4v) is 3.64. The van der Waals surface area contributed by atoms with Crippen LogP contribution in [0.15, 0.2) is 82.1 Å². The van der Waals surface area contributed by atoms with Gasteiger partial charge in [-0.05, 0) is 60.2 Å². The highest BCUT2D eigenvalue weighted by Gasteiger charge is 2.07. The summed E-state index contributed by atoms with van der Waals surface area (Å²) in [4.78, 5) is 16.9. The van der Waals surface area contributed by atoms with Gasteiger partial charge in [0.1, 0.15) is 17.2 Å². The highest BCUT2D eigenvalue weighted by atomic mass is 19.1. The topological polar surface area (TPSA) is 104 Å². The number of hydrogen-bond acceptors (Lipinski definition) is 8. The molecule has 0 saturated heterocycles. The van der Waals surface area contributed by atoms with Gasteiger partial charge in [0.05, 0.1) is 0 Å². The Hall–Kier alpha value is -5.15.